The summed E-state index contributed by atoms with van der Waals surface area (Å²) in [5, 5.41) is 14.9. The van der Waals surface area contributed by atoms with Crippen molar-refractivity contribution in [3.05, 3.63) is 153 Å². The third kappa shape index (κ3) is 7.66. The standard InChI is InChI=1S/C47H47BrN2O5SSi/c1-47(2,3)57(36-14-6-4-7-15-36,37-16-8-5-9-17-37)55-29-33-27-38-44(46(53)50(45(38)52)28-35-13-12-24-56-35)39-30-54-42(43(33)39)22-19-31(40-18-10-11-23-49-40)25-32-26-34(48)20-21-41(32)51/h4-18,20-21,23-26,38-39,42,44,51H,19,22,27-30H2,1-3H3/b31-25-/t38-,39+,42-,44-/m1/s1. The molecular formula is C47H47BrN2O5SSi. The van der Waals surface area contributed by atoms with Crippen molar-refractivity contribution in [3.8, 4) is 5.75 Å². The number of hydrogen-bond acceptors (Lipinski definition) is 7. The average molecular weight is 860 g/mol. The minimum atomic E-state index is -2.93. The van der Waals surface area contributed by atoms with E-state index >= 15 is 0 Å². The molecule has 2 aromatic heterocycles. The zero-order valence-electron chi connectivity index (χ0n) is 32.4. The predicted octanol–water partition coefficient (Wildman–Crippen LogP) is 9.03. The van der Waals surface area contributed by atoms with E-state index in [9.17, 15) is 14.7 Å². The minimum Gasteiger partial charge on any atom is -0.507 e. The highest BCUT2D eigenvalue weighted by molar-refractivity contribution is 9.10. The second-order valence-electron chi connectivity index (χ2n) is 16.2. The molecule has 3 aliphatic rings. The fraction of sp³-hybridized carbons (Fsp3) is 0.298. The molecule has 3 aromatic carbocycles. The van der Waals surface area contributed by atoms with Crippen molar-refractivity contribution in [2.45, 2.75) is 57.7 Å². The molecule has 2 saturated heterocycles. The molecule has 8 rings (SSSR count). The number of phenolic OH excluding ortho intramolecular Hbond substituents is 1. The number of carbonyl (C=O) groups is 2. The molecule has 5 aromatic rings. The number of nitrogens with zero attached hydrogens (tertiary/aromatic N) is 2. The normalized spacial score (nSPS) is 21.3. The molecule has 4 atom stereocenters. The molecule has 2 aliphatic heterocycles. The maximum absolute atomic E-state index is 14.3. The Morgan fingerprint density at radius 3 is 2.32 bits per heavy atom. The predicted molar refractivity (Wildman–Crippen MR) is 232 cm³/mol. The number of benzene rings is 3. The number of aromatic nitrogens is 1. The van der Waals surface area contributed by atoms with Crippen molar-refractivity contribution in [2.75, 3.05) is 13.2 Å². The second-order valence-corrected chi connectivity index (χ2v) is 22.5. The zero-order valence-corrected chi connectivity index (χ0v) is 35.8. The van der Waals surface area contributed by atoms with Gasteiger partial charge in [0.25, 0.3) is 8.32 Å². The highest BCUT2D eigenvalue weighted by Gasteiger charge is 2.58. The third-order valence-electron chi connectivity index (χ3n) is 11.9. The number of rotatable bonds is 12. The maximum Gasteiger partial charge on any atom is 0.261 e. The summed E-state index contributed by atoms with van der Waals surface area (Å²) in [7, 11) is -2.93. The van der Waals surface area contributed by atoms with Gasteiger partial charge in [-0.25, -0.2) is 0 Å². The van der Waals surface area contributed by atoms with Crippen LogP contribution in [0.5, 0.6) is 5.75 Å². The molecule has 1 aliphatic carbocycles. The molecule has 57 heavy (non-hydrogen) atoms. The summed E-state index contributed by atoms with van der Waals surface area (Å²) >= 11 is 5.12. The quantitative estimate of drug-likeness (QED) is 0.0766. The van der Waals surface area contributed by atoms with Gasteiger partial charge in [0.2, 0.25) is 11.8 Å². The van der Waals surface area contributed by atoms with E-state index in [1.165, 1.54) is 15.3 Å². The number of pyridine rings is 1. The molecular weight excluding hydrogens is 813 g/mol. The first-order chi connectivity index (χ1) is 27.5. The van der Waals surface area contributed by atoms with E-state index in [0.717, 1.165) is 31.8 Å². The van der Waals surface area contributed by atoms with Gasteiger partial charge in [-0.15, -0.1) is 11.3 Å². The molecule has 0 saturated carbocycles. The van der Waals surface area contributed by atoms with Crippen molar-refractivity contribution < 1.29 is 23.9 Å². The van der Waals surface area contributed by atoms with Gasteiger partial charge in [0.05, 0.1) is 43.4 Å². The average Bonchev–Trinajstić information content (AvgIpc) is 3.95. The number of fused-ring (bicyclic) bond motifs is 3. The van der Waals surface area contributed by atoms with Crippen molar-refractivity contribution in [1.82, 2.24) is 9.88 Å². The number of hydrogen-bond donors (Lipinski definition) is 1. The number of phenols is 1. The Morgan fingerprint density at radius 2 is 1.67 bits per heavy atom. The van der Waals surface area contributed by atoms with Crippen LogP contribution in [0.3, 0.4) is 0 Å². The number of carbonyl (C=O) groups excluding carboxylic acids is 2. The van der Waals surface area contributed by atoms with Crippen LogP contribution in [0.4, 0.5) is 0 Å². The number of ether oxygens (including phenoxy) is 1. The lowest BCUT2D eigenvalue weighted by Gasteiger charge is -2.44. The molecule has 0 spiro atoms. The highest BCUT2D eigenvalue weighted by Crippen LogP contribution is 2.51. The monoisotopic (exact) mass is 858 g/mol. The fourth-order valence-corrected chi connectivity index (χ4v) is 14.9. The van der Waals surface area contributed by atoms with Gasteiger partial charge in [0.1, 0.15) is 5.75 Å². The number of imide groups is 1. The molecule has 292 valence electrons. The molecule has 0 bridgehead atoms. The van der Waals surface area contributed by atoms with Crippen molar-refractivity contribution >= 4 is 69.4 Å². The van der Waals surface area contributed by atoms with Crippen LogP contribution in [0.25, 0.3) is 11.6 Å². The van der Waals surface area contributed by atoms with Gasteiger partial charge in [-0.2, -0.15) is 0 Å². The Bertz CT molecular complexity index is 2250. The molecule has 0 unspecified atom stereocenters. The fourth-order valence-electron chi connectivity index (χ4n) is 9.28. The van der Waals surface area contributed by atoms with Crippen molar-refractivity contribution in [1.29, 1.82) is 0 Å². The van der Waals surface area contributed by atoms with Crippen molar-refractivity contribution in [3.63, 3.8) is 0 Å². The molecule has 10 heteroatoms. The van der Waals surface area contributed by atoms with E-state index in [0.29, 0.717) is 44.6 Å². The lowest BCUT2D eigenvalue weighted by molar-refractivity contribution is -0.140. The smallest absolute Gasteiger partial charge is 0.261 e. The molecule has 2 amide bonds. The van der Waals surface area contributed by atoms with Crippen LogP contribution in [0.15, 0.2) is 136 Å². The van der Waals surface area contributed by atoms with Gasteiger partial charge in [-0.3, -0.25) is 19.5 Å². The summed E-state index contributed by atoms with van der Waals surface area (Å²) in [5.74, 6) is -1.18. The van der Waals surface area contributed by atoms with E-state index in [2.05, 4.69) is 90.2 Å². The van der Waals surface area contributed by atoms with Gasteiger partial charge in [-0.05, 0) is 99.2 Å². The zero-order chi connectivity index (χ0) is 39.7. The van der Waals surface area contributed by atoms with Gasteiger partial charge < -0.3 is 14.3 Å². The molecule has 1 N–H and O–H groups in total. The van der Waals surface area contributed by atoms with Gasteiger partial charge >= 0.3 is 0 Å². The first kappa shape index (κ1) is 39.4. The number of allylic oxidation sites excluding steroid dienone is 1. The number of thiophene rings is 1. The number of amides is 2. The molecule has 0 radical (unpaired) electrons. The highest BCUT2D eigenvalue weighted by atomic mass is 79.9. The van der Waals surface area contributed by atoms with Crippen LogP contribution in [-0.2, 0) is 25.3 Å². The van der Waals surface area contributed by atoms with E-state index in [4.69, 9.17) is 9.16 Å². The van der Waals surface area contributed by atoms with Crippen LogP contribution in [0, 0.1) is 17.8 Å². The third-order valence-corrected chi connectivity index (χ3v) is 18.2. The lowest BCUT2D eigenvalue weighted by Crippen LogP contribution is -2.66. The Hall–Kier alpha value is -4.45. The maximum atomic E-state index is 14.3. The summed E-state index contributed by atoms with van der Waals surface area (Å²) in [6.45, 7) is 7.81. The first-order valence-corrected chi connectivity index (χ1v) is 23.2. The number of aromatic hydroxyl groups is 1. The van der Waals surface area contributed by atoms with Crippen molar-refractivity contribution in [2.24, 2.45) is 17.8 Å². The van der Waals surface area contributed by atoms with E-state index in [-0.39, 0.29) is 34.6 Å². The molecule has 2 fully saturated rings. The summed E-state index contributed by atoms with van der Waals surface area (Å²) in [4.78, 5) is 35.8. The summed E-state index contributed by atoms with van der Waals surface area (Å²) in [6, 6.07) is 36.4. The van der Waals surface area contributed by atoms with E-state index < -0.39 is 20.2 Å². The summed E-state index contributed by atoms with van der Waals surface area (Å²) < 4.78 is 15.1. The SMILES string of the molecule is CC(C)(C)[Si](OCC1=C2[C@@H](CC/C(=C/c3cc(Br)ccc3O)c3ccccn3)OC[C@@H]2[C@@H]2C(=O)N(Cc3cccs3)C(=O)[C@@H]2C1)(c1ccccc1)c1ccccc1. The minimum absolute atomic E-state index is 0.0990. The summed E-state index contributed by atoms with van der Waals surface area (Å²) in [6.07, 6.45) is 5.18. The van der Waals surface area contributed by atoms with Gasteiger partial charge in [-0.1, -0.05) is 109 Å². The lowest BCUT2D eigenvalue weighted by atomic mass is 9.69. The van der Waals surface area contributed by atoms with Crippen LogP contribution in [0.1, 0.15) is 56.2 Å². The van der Waals surface area contributed by atoms with Crippen LogP contribution >= 0.6 is 27.3 Å². The topological polar surface area (TPSA) is 89.0 Å². The largest absolute Gasteiger partial charge is 0.507 e. The summed E-state index contributed by atoms with van der Waals surface area (Å²) in [5.41, 5.74) is 4.66. The second kappa shape index (κ2) is 16.4. The number of halogens is 1. The Balaban J connectivity index is 1.18. The van der Waals surface area contributed by atoms with E-state index in [1.807, 2.05) is 66.1 Å². The molecule has 4 heterocycles. The Kier molecular flexibility index (Phi) is 11.3. The van der Waals surface area contributed by atoms with Crippen LogP contribution in [0.2, 0.25) is 5.04 Å². The molecule has 7 nitrogen and oxygen atoms in total. The number of likely N-dealkylation sites (tertiary alicyclic amines) is 1. The van der Waals surface area contributed by atoms with Crippen LogP contribution < -0.4 is 10.4 Å². The first-order valence-electron chi connectivity index (χ1n) is 19.6. The van der Waals surface area contributed by atoms with Crippen LogP contribution in [-0.4, -0.2) is 54.4 Å². The Labute approximate surface area is 348 Å². The van der Waals surface area contributed by atoms with Gasteiger partial charge in [0, 0.05) is 27.0 Å². The van der Waals surface area contributed by atoms with E-state index in [1.54, 1.807) is 23.6 Å². The van der Waals surface area contributed by atoms with Gasteiger partial charge in [0.15, 0.2) is 0 Å². The Morgan fingerprint density at radius 1 is 0.947 bits per heavy atom.